The molecule has 0 bridgehead atoms. The van der Waals surface area contributed by atoms with Gasteiger partial charge in [0, 0.05) is 23.7 Å². The Morgan fingerprint density at radius 3 is 2.60 bits per heavy atom. The van der Waals surface area contributed by atoms with Crippen molar-refractivity contribution in [3.63, 3.8) is 0 Å². The molecule has 0 aromatic carbocycles. The molecule has 1 spiro atoms. The van der Waals surface area contributed by atoms with Gasteiger partial charge in [-0.3, -0.25) is 4.79 Å². The van der Waals surface area contributed by atoms with Crippen LogP contribution >= 0.6 is 0 Å². The maximum Gasteiger partial charge on any atom is 0.274 e. The molecule has 4 nitrogen and oxygen atoms in total. The quantitative estimate of drug-likeness (QED) is 0.923. The van der Waals surface area contributed by atoms with Crippen molar-refractivity contribution in [2.24, 2.45) is 5.41 Å². The minimum atomic E-state index is 0.118. The van der Waals surface area contributed by atoms with Crippen molar-refractivity contribution in [2.75, 3.05) is 18.5 Å². The van der Waals surface area contributed by atoms with E-state index in [9.17, 15) is 4.79 Å². The fourth-order valence-corrected chi connectivity index (χ4v) is 3.39. The highest BCUT2D eigenvalue weighted by molar-refractivity contribution is 5.41. The smallest absolute Gasteiger partial charge is 0.274 e. The second-order valence-electron chi connectivity index (χ2n) is 6.66. The SMILES string of the molecule is CC(C)Nc1cccn(C2CCC3(CC2)COC3)c1=O. The van der Waals surface area contributed by atoms with Crippen LogP contribution in [0.25, 0.3) is 0 Å². The number of aromatic nitrogens is 1. The van der Waals surface area contributed by atoms with Gasteiger partial charge in [0.2, 0.25) is 0 Å². The lowest BCUT2D eigenvalue weighted by Crippen LogP contribution is -2.46. The molecule has 0 amide bonds. The molecule has 2 fully saturated rings. The topological polar surface area (TPSA) is 43.3 Å². The Bertz CT molecular complexity index is 522. The summed E-state index contributed by atoms with van der Waals surface area (Å²) in [5, 5.41) is 3.24. The van der Waals surface area contributed by atoms with E-state index in [1.807, 2.05) is 22.9 Å². The summed E-state index contributed by atoms with van der Waals surface area (Å²) in [6.45, 7) is 5.95. The Kier molecular flexibility index (Phi) is 3.59. The van der Waals surface area contributed by atoms with Crippen molar-refractivity contribution in [1.82, 2.24) is 4.57 Å². The van der Waals surface area contributed by atoms with Crippen LogP contribution in [-0.2, 0) is 4.74 Å². The summed E-state index contributed by atoms with van der Waals surface area (Å²) in [5.41, 5.74) is 1.27. The van der Waals surface area contributed by atoms with Crippen LogP contribution in [0.15, 0.2) is 23.1 Å². The zero-order chi connectivity index (χ0) is 14.2. The minimum absolute atomic E-state index is 0.118. The molecular weight excluding hydrogens is 252 g/mol. The maximum absolute atomic E-state index is 12.5. The summed E-state index contributed by atoms with van der Waals surface area (Å²) in [6.07, 6.45) is 6.49. The van der Waals surface area contributed by atoms with Crippen LogP contribution < -0.4 is 10.9 Å². The number of hydrogen-bond acceptors (Lipinski definition) is 3. The third kappa shape index (κ3) is 2.49. The van der Waals surface area contributed by atoms with Crippen LogP contribution in [0.2, 0.25) is 0 Å². The van der Waals surface area contributed by atoms with Gasteiger partial charge >= 0.3 is 0 Å². The van der Waals surface area contributed by atoms with Crippen molar-refractivity contribution < 1.29 is 4.74 Å². The van der Waals surface area contributed by atoms with Crippen LogP contribution in [0.1, 0.15) is 45.6 Å². The number of nitrogens with one attached hydrogen (secondary N) is 1. The van der Waals surface area contributed by atoms with E-state index in [4.69, 9.17) is 4.74 Å². The highest BCUT2D eigenvalue weighted by atomic mass is 16.5. The first-order valence-electron chi connectivity index (χ1n) is 7.65. The summed E-state index contributed by atoms with van der Waals surface area (Å²) in [7, 11) is 0. The van der Waals surface area contributed by atoms with Crippen molar-refractivity contribution >= 4 is 5.69 Å². The van der Waals surface area contributed by atoms with Gasteiger partial charge in [-0.2, -0.15) is 0 Å². The van der Waals surface area contributed by atoms with Crippen LogP contribution in [0.3, 0.4) is 0 Å². The monoisotopic (exact) mass is 276 g/mol. The highest BCUT2D eigenvalue weighted by Gasteiger charge is 2.41. The number of pyridine rings is 1. The normalized spacial score (nSPS) is 21.9. The first-order valence-corrected chi connectivity index (χ1v) is 7.65. The molecule has 1 aromatic rings. The van der Waals surface area contributed by atoms with Crippen LogP contribution in [0, 0.1) is 5.41 Å². The van der Waals surface area contributed by atoms with Gasteiger partial charge in [-0.15, -0.1) is 0 Å². The summed E-state index contributed by atoms with van der Waals surface area (Å²) in [5.74, 6) is 0. The predicted molar refractivity (Wildman–Crippen MR) is 80.2 cm³/mol. The molecule has 110 valence electrons. The number of anilines is 1. The maximum atomic E-state index is 12.5. The molecule has 0 atom stereocenters. The Balaban J connectivity index is 1.75. The van der Waals surface area contributed by atoms with E-state index in [0.717, 1.165) is 31.7 Å². The van der Waals surface area contributed by atoms with Crippen molar-refractivity contribution in [3.8, 4) is 0 Å². The van der Waals surface area contributed by atoms with E-state index >= 15 is 0 Å². The third-order valence-corrected chi connectivity index (χ3v) is 4.64. The summed E-state index contributed by atoms with van der Waals surface area (Å²) >= 11 is 0. The van der Waals surface area contributed by atoms with Gasteiger partial charge in [0.25, 0.3) is 5.56 Å². The van der Waals surface area contributed by atoms with Crippen LogP contribution in [0.5, 0.6) is 0 Å². The molecule has 2 aliphatic rings. The molecule has 1 aliphatic carbocycles. The first kappa shape index (κ1) is 13.7. The van der Waals surface area contributed by atoms with Gasteiger partial charge in [0.15, 0.2) is 0 Å². The van der Waals surface area contributed by atoms with Crippen LogP contribution in [0.4, 0.5) is 5.69 Å². The predicted octanol–water partition coefficient (Wildman–Crippen LogP) is 2.80. The molecule has 20 heavy (non-hydrogen) atoms. The second kappa shape index (κ2) is 5.24. The zero-order valence-electron chi connectivity index (χ0n) is 12.4. The Morgan fingerprint density at radius 2 is 2.05 bits per heavy atom. The van der Waals surface area contributed by atoms with E-state index in [1.165, 1.54) is 12.8 Å². The van der Waals surface area contributed by atoms with Crippen molar-refractivity contribution in [1.29, 1.82) is 0 Å². The molecule has 1 N–H and O–H groups in total. The molecule has 4 heteroatoms. The van der Waals surface area contributed by atoms with E-state index < -0.39 is 0 Å². The molecule has 1 aliphatic heterocycles. The fraction of sp³-hybridized carbons (Fsp3) is 0.688. The molecule has 1 aromatic heterocycles. The molecule has 0 radical (unpaired) electrons. The highest BCUT2D eigenvalue weighted by Crippen LogP contribution is 2.45. The zero-order valence-corrected chi connectivity index (χ0v) is 12.4. The van der Waals surface area contributed by atoms with Crippen molar-refractivity contribution in [2.45, 2.75) is 51.6 Å². The van der Waals surface area contributed by atoms with E-state index in [2.05, 4.69) is 19.2 Å². The Hall–Kier alpha value is -1.29. The number of nitrogens with zero attached hydrogens (tertiary/aromatic N) is 1. The molecular formula is C16H24N2O2. The largest absolute Gasteiger partial charge is 0.380 e. The van der Waals surface area contributed by atoms with Gasteiger partial charge in [-0.25, -0.2) is 0 Å². The molecule has 1 saturated heterocycles. The third-order valence-electron chi connectivity index (χ3n) is 4.64. The summed E-state index contributed by atoms with van der Waals surface area (Å²) in [4.78, 5) is 12.5. The second-order valence-corrected chi connectivity index (χ2v) is 6.66. The van der Waals surface area contributed by atoms with E-state index in [-0.39, 0.29) is 11.6 Å². The van der Waals surface area contributed by atoms with Gasteiger partial charge in [0.1, 0.15) is 5.69 Å². The molecule has 2 heterocycles. The van der Waals surface area contributed by atoms with Crippen LogP contribution in [-0.4, -0.2) is 23.8 Å². The lowest BCUT2D eigenvalue weighted by atomic mass is 9.71. The summed E-state index contributed by atoms with van der Waals surface area (Å²) in [6, 6.07) is 4.48. The Morgan fingerprint density at radius 1 is 1.35 bits per heavy atom. The number of ether oxygens (including phenoxy) is 1. The van der Waals surface area contributed by atoms with Gasteiger partial charge in [0.05, 0.1) is 13.2 Å². The average molecular weight is 276 g/mol. The standard InChI is InChI=1S/C16H24N2O2/c1-12(2)17-14-4-3-9-18(15(14)19)13-5-7-16(8-6-13)10-20-11-16/h3-4,9,12-13,17H,5-8,10-11H2,1-2H3. The molecule has 3 rings (SSSR count). The minimum Gasteiger partial charge on any atom is -0.380 e. The lowest BCUT2D eigenvalue weighted by molar-refractivity contribution is -0.135. The number of hydrogen-bond donors (Lipinski definition) is 1. The number of rotatable bonds is 3. The average Bonchev–Trinajstić information content (AvgIpc) is 2.39. The van der Waals surface area contributed by atoms with E-state index in [0.29, 0.717) is 11.5 Å². The Labute approximate surface area is 120 Å². The molecule has 1 saturated carbocycles. The van der Waals surface area contributed by atoms with Gasteiger partial charge in [-0.1, -0.05) is 0 Å². The van der Waals surface area contributed by atoms with Gasteiger partial charge < -0.3 is 14.6 Å². The van der Waals surface area contributed by atoms with E-state index in [1.54, 1.807) is 0 Å². The van der Waals surface area contributed by atoms with Gasteiger partial charge in [-0.05, 0) is 51.7 Å². The first-order chi connectivity index (χ1) is 9.60. The molecule has 0 unspecified atom stereocenters. The lowest BCUT2D eigenvalue weighted by Gasteiger charge is -2.46. The summed E-state index contributed by atoms with van der Waals surface area (Å²) < 4.78 is 7.29. The van der Waals surface area contributed by atoms with Crippen molar-refractivity contribution in [3.05, 3.63) is 28.7 Å². The fourth-order valence-electron chi connectivity index (χ4n) is 3.39.